The maximum absolute atomic E-state index is 11.9. The molecule has 0 N–H and O–H groups in total. The second-order valence-corrected chi connectivity index (χ2v) is 6.42. The van der Waals surface area contributed by atoms with Gasteiger partial charge in [-0.1, -0.05) is 18.2 Å². The van der Waals surface area contributed by atoms with Gasteiger partial charge in [0, 0.05) is 5.08 Å². The zero-order chi connectivity index (χ0) is 14.5. The highest BCUT2D eigenvalue weighted by Gasteiger charge is 2.21. The van der Waals surface area contributed by atoms with Crippen LogP contribution in [0, 0.1) is 0 Å². The van der Waals surface area contributed by atoms with Gasteiger partial charge in [-0.25, -0.2) is 0 Å². The van der Waals surface area contributed by atoms with Gasteiger partial charge in [0.05, 0.1) is 22.9 Å². The Kier molecular flexibility index (Phi) is 4.92. The van der Waals surface area contributed by atoms with E-state index in [1.807, 2.05) is 0 Å². The zero-order valence-corrected chi connectivity index (χ0v) is 12.3. The third-order valence-corrected chi connectivity index (χ3v) is 5.16. The van der Waals surface area contributed by atoms with Crippen LogP contribution in [0.2, 0.25) is 0 Å². The molecule has 0 unspecified atom stereocenters. The van der Waals surface area contributed by atoms with Crippen LogP contribution in [0.25, 0.3) is 6.08 Å². The van der Waals surface area contributed by atoms with Crippen LogP contribution in [-0.4, -0.2) is 23.9 Å². The maximum Gasteiger partial charge on any atom is 0.189 e. The first kappa shape index (κ1) is 14.7. The lowest BCUT2D eigenvalue weighted by molar-refractivity contribution is -0.298. The van der Waals surface area contributed by atoms with Gasteiger partial charge >= 0.3 is 0 Å². The van der Waals surface area contributed by atoms with Crippen LogP contribution in [0.4, 0.5) is 0 Å². The quantitative estimate of drug-likeness (QED) is 0.468. The number of benzene rings is 1. The molecule has 104 valence electrons. The lowest BCUT2D eigenvalue weighted by Crippen LogP contribution is -2.29. The summed E-state index contributed by atoms with van der Waals surface area (Å²) in [5.74, 6) is -1.26. The molecule has 0 atom stereocenters. The molecule has 0 aliphatic carbocycles. The van der Waals surface area contributed by atoms with Gasteiger partial charge in [-0.3, -0.25) is 4.79 Å². The molecule has 1 aromatic carbocycles. The highest BCUT2D eigenvalue weighted by molar-refractivity contribution is 8.37. The van der Waals surface area contributed by atoms with Crippen LogP contribution < -0.4 is 9.84 Å². The number of rotatable bonds is 5. The minimum absolute atomic E-state index is 0.254. The molecule has 2 rings (SSSR count). The standard InChI is InChI=1S/C14H12O4S2/c1-18-10-5-2-9(3-6-10)4-7-11(15)12(13(16)17)14-19-8-20-14/h2-7H,8H2,1H3,(H,16,17)/p-1/b7-4+. The lowest BCUT2D eigenvalue weighted by Gasteiger charge is -2.19. The van der Waals surface area contributed by atoms with Gasteiger partial charge in [0.1, 0.15) is 5.75 Å². The van der Waals surface area contributed by atoms with Crippen LogP contribution in [0.15, 0.2) is 40.2 Å². The van der Waals surface area contributed by atoms with E-state index < -0.39 is 11.8 Å². The Morgan fingerprint density at radius 3 is 2.35 bits per heavy atom. The van der Waals surface area contributed by atoms with Gasteiger partial charge in [-0.15, -0.1) is 23.5 Å². The van der Waals surface area contributed by atoms with Gasteiger partial charge in [-0.05, 0) is 23.8 Å². The molecule has 0 bridgehead atoms. The summed E-state index contributed by atoms with van der Waals surface area (Å²) < 4.78 is 5.55. The Morgan fingerprint density at radius 1 is 1.25 bits per heavy atom. The van der Waals surface area contributed by atoms with Crippen molar-refractivity contribution < 1.29 is 19.4 Å². The number of hydrogen-bond donors (Lipinski definition) is 0. The summed E-state index contributed by atoms with van der Waals surface area (Å²) >= 11 is 2.69. The summed E-state index contributed by atoms with van der Waals surface area (Å²) in [7, 11) is 1.57. The molecular formula is C14H11O4S2-. The number of hydrogen-bond acceptors (Lipinski definition) is 6. The highest BCUT2D eigenvalue weighted by Crippen LogP contribution is 2.45. The molecule has 0 radical (unpaired) electrons. The van der Waals surface area contributed by atoms with E-state index in [0.717, 1.165) is 10.6 Å². The summed E-state index contributed by atoms with van der Waals surface area (Å²) in [5, 5.41) is 11.8. The summed E-state index contributed by atoms with van der Waals surface area (Å²) in [5.41, 5.74) is 0.534. The fourth-order valence-corrected chi connectivity index (χ4v) is 3.12. The zero-order valence-electron chi connectivity index (χ0n) is 10.6. The van der Waals surface area contributed by atoms with Crippen molar-refractivity contribution in [2.45, 2.75) is 0 Å². The molecule has 1 saturated heterocycles. The van der Waals surface area contributed by atoms with Gasteiger partial charge in [0.25, 0.3) is 0 Å². The van der Waals surface area contributed by atoms with E-state index >= 15 is 0 Å². The normalized spacial score (nSPS) is 13.9. The Balaban J connectivity index is 2.13. The smallest absolute Gasteiger partial charge is 0.189 e. The average Bonchev–Trinajstić information content (AvgIpc) is 2.40. The molecule has 0 saturated carbocycles. The minimum atomic E-state index is -1.43. The van der Waals surface area contributed by atoms with E-state index in [9.17, 15) is 14.7 Å². The van der Waals surface area contributed by atoms with E-state index in [0.29, 0.717) is 9.99 Å². The second kappa shape index (κ2) is 6.67. The molecule has 20 heavy (non-hydrogen) atoms. The third kappa shape index (κ3) is 3.46. The van der Waals surface area contributed by atoms with Crippen LogP contribution in [0.3, 0.4) is 0 Å². The minimum Gasteiger partial charge on any atom is -0.545 e. The topological polar surface area (TPSA) is 66.4 Å². The number of carbonyl (C=O) groups is 2. The summed E-state index contributed by atoms with van der Waals surface area (Å²) in [4.78, 5) is 22.9. The van der Waals surface area contributed by atoms with Crippen molar-refractivity contribution >= 4 is 41.4 Å². The number of carboxylic acids is 1. The molecule has 0 spiro atoms. The van der Waals surface area contributed by atoms with Crippen molar-refractivity contribution in [1.82, 2.24) is 0 Å². The molecule has 4 nitrogen and oxygen atoms in total. The molecule has 1 aromatic rings. The lowest BCUT2D eigenvalue weighted by atomic mass is 10.1. The van der Waals surface area contributed by atoms with E-state index in [-0.39, 0.29) is 5.57 Å². The Hall–Kier alpha value is -1.66. The molecule has 1 fully saturated rings. The number of thioether (sulfide) groups is 2. The number of carboxylic acid groups (broad SMARTS) is 1. The van der Waals surface area contributed by atoms with Crippen molar-refractivity contribution in [3.63, 3.8) is 0 Å². The number of aliphatic carboxylic acids is 1. The van der Waals surface area contributed by atoms with E-state index in [1.165, 1.54) is 29.6 Å². The fourth-order valence-electron chi connectivity index (χ4n) is 1.52. The molecule has 6 heteroatoms. The number of allylic oxidation sites excluding steroid dienone is 1. The summed E-state index contributed by atoms with van der Waals surface area (Å²) in [6, 6.07) is 7.09. The fraction of sp³-hybridized carbons (Fsp3) is 0.143. The molecule has 0 aromatic heterocycles. The highest BCUT2D eigenvalue weighted by atomic mass is 32.3. The molecule has 1 heterocycles. The van der Waals surface area contributed by atoms with Gasteiger partial charge in [0.2, 0.25) is 0 Å². The molecule has 1 aliphatic heterocycles. The second-order valence-electron chi connectivity index (χ2n) is 3.83. The molecular weight excluding hydrogens is 296 g/mol. The van der Waals surface area contributed by atoms with E-state index in [1.54, 1.807) is 37.5 Å². The van der Waals surface area contributed by atoms with Gasteiger partial charge in [-0.2, -0.15) is 0 Å². The average molecular weight is 307 g/mol. The van der Waals surface area contributed by atoms with Crippen LogP contribution >= 0.6 is 23.5 Å². The first-order valence-electron chi connectivity index (χ1n) is 5.69. The Morgan fingerprint density at radius 2 is 1.90 bits per heavy atom. The van der Waals surface area contributed by atoms with Crippen LogP contribution in [0.5, 0.6) is 5.75 Å². The van der Waals surface area contributed by atoms with Crippen molar-refractivity contribution in [2.24, 2.45) is 0 Å². The van der Waals surface area contributed by atoms with Crippen molar-refractivity contribution in [3.05, 3.63) is 45.7 Å². The SMILES string of the molecule is COc1ccc(/C=C/C(=O)C(C(=O)[O-])=C2SCS2)cc1. The summed E-state index contributed by atoms with van der Waals surface area (Å²) in [6.07, 6.45) is 2.82. The predicted octanol–water partition coefficient (Wildman–Crippen LogP) is 1.68. The largest absolute Gasteiger partial charge is 0.545 e. The van der Waals surface area contributed by atoms with E-state index in [2.05, 4.69) is 0 Å². The van der Waals surface area contributed by atoms with Crippen molar-refractivity contribution in [3.8, 4) is 5.75 Å². The first-order chi connectivity index (χ1) is 9.61. The Bertz CT molecular complexity index is 582. The third-order valence-electron chi connectivity index (χ3n) is 2.58. The monoisotopic (exact) mass is 307 g/mol. The first-order valence-corrected chi connectivity index (χ1v) is 7.66. The van der Waals surface area contributed by atoms with Gasteiger partial charge < -0.3 is 14.6 Å². The summed E-state index contributed by atoms with van der Waals surface area (Å²) in [6.45, 7) is 0. The van der Waals surface area contributed by atoms with Crippen molar-refractivity contribution in [2.75, 3.05) is 12.2 Å². The van der Waals surface area contributed by atoms with Crippen molar-refractivity contribution in [1.29, 1.82) is 0 Å². The predicted molar refractivity (Wildman–Crippen MR) is 79.1 cm³/mol. The van der Waals surface area contributed by atoms with E-state index in [4.69, 9.17) is 4.74 Å². The van der Waals surface area contributed by atoms with Gasteiger partial charge in [0.15, 0.2) is 5.78 Å². The number of carbonyl (C=O) groups excluding carboxylic acids is 2. The number of ketones is 1. The van der Waals surface area contributed by atoms with Crippen LogP contribution in [-0.2, 0) is 9.59 Å². The number of ether oxygens (including phenoxy) is 1. The maximum atomic E-state index is 11.9. The Labute approximate surface area is 124 Å². The number of methoxy groups -OCH3 is 1. The molecule has 1 aliphatic rings. The molecule has 0 amide bonds. The van der Waals surface area contributed by atoms with Crippen LogP contribution in [0.1, 0.15) is 5.56 Å².